The lowest BCUT2D eigenvalue weighted by molar-refractivity contribution is -0.321. The van der Waals surface area contributed by atoms with Crippen LogP contribution in [-0.2, 0) is 47.5 Å². The minimum Gasteiger partial charge on any atom is -0.467 e. The zero-order valence-electron chi connectivity index (χ0n) is 24.5. The Labute approximate surface area is 258 Å². The fourth-order valence-electron chi connectivity index (χ4n) is 4.84. The van der Waals surface area contributed by atoms with E-state index in [-0.39, 0.29) is 24.5 Å². The predicted molar refractivity (Wildman–Crippen MR) is 142 cm³/mol. The number of aliphatic hydroxyl groups is 1. The Hall–Kier alpha value is -4.33. The summed E-state index contributed by atoms with van der Waals surface area (Å²) in [4.78, 5) is 38.8. The van der Waals surface area contributed by atoms with Crippen molar-refractivity contribution in [2.24, 2.45) is 5.11 Å². The molecule has 17 nitrogen and oxygen atoms in total. The van der Waals surface area contributed by atoms with Crippen LogP contribution in [-0.4, -0.2) is 114 Å². The van der Waals surface area contributed by atoms with Crippen LogP contribution in [0.3, 0.4) is 0 Å². The molecule has 2 aliphatic rings. The van der Waals surface area contributed by atoms with Crippen LogP contribution in [0.25, 0.3) is 21.7 Å². The lowest BCUT2D eigenvalue weighted by Crippen LogP contribution is -2.61. The molecule has 1 aromatic carbocycles. The first-order valence-corrected chi connectivity index (χ1v) is 13.6. The van der Waals surface area contributed by atoms with E-state index < -0.39 is 97.5 Å². The molecule has 250 valence electrons. The molecule has 2 aromatic rings. The van der Waals surface area contributed by atoms with E-state index in [1.54, 1.807) is 0 Å². The van der Waals surface area contributed by atoms with E-state index in [0.717, 1.165) is 25.6 Å². The van der Waals surface area contributed by atoms with E-state index in [1.807, 2.05) is 0 Å². The van der Waals surface area contributed by atoms with Gasteiger partial charge in [0.2, 0.25) is 0 Å². The SMILES string of the molecule is COC(=O)COC1C(O[C@@H]2COCC(N=[N+]=[N-])[C@H]2O)OC(COC(C)=O)C(OC(C)=O)C1n1cc(-c2cc(F)c(F)c(F)c2)nn1. The Balaban J connectivity index is 1.80. The van der Waals surface area contributed by atoms with E-state index in [0.29, 0.717) is 12.1 Å². The number of ether oxygens (including phenoxy) is 7. The first kappa shape index (κ1) is 34.5. The normalized spacial score (nSPS) is 27.7. The molecule has 20 heteroatoms. The van der Waals surface area contributed by atoms with Crippen LogP contribution in [0.5, 0.6) is 0 Å². The first-order chi connectivity index (χ1) is 21.9. The van der Waals surface area contributed by atoms with Crippen LogP contribution >= 0.6 is 0 Å². The van der Waals surface area contributed by atoms with Crippen molar-refractivity contribution in [1.29, 1.82) is 0 Å². The highest BCUT2D eigenvalue weighted by Crippen LogP contribution is 2.37. The molecule has 8 atom stereocenters. The van der Waals surface area contributed by atoms with Crippen molar-refractivity contribution in [1.82, 2.24) is 15.0 Å². The van der Waals surface area contributed by atoms with Gasteiger partial charge >= 0.3 is 17.9 Å². The summed E-state index contributed by atoms with van der Waals surface area (Å²) in [5.74, 6) is -7.07. The number of aromatic nitrogens is 3. The Morgan fingerprint density at radius 2 is 1.87 bits per heavy atom. The Kier molecular flexibility index (Phi) is 11.5. The molecule has 0 bridgehead atoms. The summed E-state index contributed by atoms with van der Waals surface area (Å²) in [5, 5.41) is 22.2. The van der Waals surface area contributed by atoms with Crippen molar-refractivity contribution in [2.45, 2.75) is 62.7 Å². The minimum absolute atomic E-state index is 0.114. The maximum absolute atomic E-state index is 14.0. The van der Waals surface area contributed by atoms with Gasteiger partial charge in [-0.15, -0.1) is 5.10 Å². The van der Waals surface area contributed by atoms with Gasteiger partial charge in [-0.3, -0.25) is 9.59 Å². The van der Waals surface area contributed by atoms with Crippen molar-refractivity contribution in [3.8, 4) is 11.3 Å². The average Bonchev–Trinajstić information content (AvgIpc) is 3.50. The number of carbonyl (C=O) groups is 3. The lowest BCUT2D eigenvalue weighted by atomic mass is 9.95. The summed E-state index contributed by atoms with van der Waals surface area (Å²) in [6.45, 7) is 0.669. The molecule has 0 amide bonds. The van der Waals surface area contributed by atoms with Gasteiger partial charge in [0.15, 0.2) is 29.8 Å². The molecule has 46 heavy (non-hydrogen) atoms. The van der Waals surface area contributed by atoms with Gasteiger partial charge in [-0.25, -0.2) is 22.6 Å². The van der Waals surface area contributed by atoms with Gasteiger partial charge in [0, 0.05) is 24.3 Å². The summed E-state index contributed by atoms with van der Waals surface area (Å²) in [7, 11) is 1.10. The molecule has 0 aliphatic carbocycles. The maximum atomic E-state index is 14.0. The largest absolute Gasteiger partial charge is 0.467 e. The van der Waals surface area contributed by atoms with E-state index in [1.165, 1.54) is 6.20 Å². The number of nitrogens with zero attached hydrogens (tertiary/aromatic N) is 6. The zero-order chi connectivity index (χ0) is 33.5. The molecule has 0 spiro atoms. The van der Waals surface area contributed by atoms with Crippen LogP contribution in [0.15, 0.2) is 23.4 Å². The lowest BCUT2D eigenvalue weighted by Gasteiger charge is -2.46. The van der Waals surface area contributed by atoms with Crippen LogP contribution in [0.2, 0.25) is 0 Å². The molecule has 3 heterocycles. The van der Waals surface area contributed by atoms with Gasteiger partial charge in [-0.2, -0.15) is 0 Å². The Bertz CT molecular complexity index is 1450. The molecular weight excluding hydrogens is 629 g/mol. The third-order valence-corrected chi connectivity index (χ3v) is 6.94. The Morgan fingerprint density at radius 1 is 1.15 bits per heavy atom. The number of halogens is 3. The van der Waals surface area contributed by atoms with Gasteiger partial charge in [0.25, 0.3) is 0 Å². The molecule has 2 aliphatic heterocycles. The van der Waals surface area contributed by atoms with Crippen LogP contribution in [0.1, 0.15) is 19.9 Å². The quantitative estimate of drug-likeness (QED) is 0.0896. The van der Waals surface area contributed by atoms with Crippen molar-refractivity contribution >= 4 is 17.9 Å². The number of hydrogen-bond donors (Lipinski definition) is 1. The van der Waals surface area contributed by atoms with Crippen molar-refractivity contribution in [2.75, 3.05) is 33.5 Å². The number of hydrogen-bond acceptors (Lipinski definition) is 14. The number of rotatable bonds is 11. The highest BCUT2D eigenvalue weighted by Gasteiger charge is 2.53. The van der Waals surface area contributed by atoms with E-state index in [4.69, 9.17) is 34.0 Å². The number of esters is 3. The van der Waals surface area contributed by atoms with Gasteiger partial charge in [0.05, 0.1) is 38.7 Å². The molecule has 2 fully saturated rings. The minimum atomic E-state index is -1.70. The molecule has 1 N–H and O–H groups in total. The first-order valence-electron chi connectivity index (χ1n) is 13.6. The van der Waals surface area contributed by atoms with Crippen molar-refractivity contribution in [3.05, 3.63) is 46.2 Å². The number of benzene rings is 1. The summed E-state index contributed by atoms with van der Waals surface area (Å²) >= 11 is 0. The fraction of sp³-hybridized carbons (Fsp3) is 0.577. The summed E-state index contributed by atoms with van der Waals surface area (Å²) < 4.78 is 81.4. The van der Waals surface area contributed by atoms with Gasteiger partial charge < -0.3 is 38.3 Å². The van der Waals surface area contributed by atoms with E-state index in [9.17, 15) is 32.7 Å². The molecule has 4 rings (SSSR count). The summed E-state index contributed by atoms with van der Waals surface area (Å²) in [5.41, 5.74) is 8.50. The molecular formula is C26H29F3N6O11. The molecule has 0 radical (unpaired) electrons. The van der Waals surface area contributed by atoms with Gasteiger partial charge in [-0.1, -0.05) is 10.3 Å². The van der Waals surface area contributed by atoms with Crippen LogP contribution in [0, 0.1) is 17.5 Å². The zero-order valence-corrected chi connectivity index (χ0v) is 24.5. The highest BCUT2D eigenvalue weighted by molar-refractivity contribution is 5.70. The molecule has 6 unspecified atom stereocenters. The van der Waals surface area contributed by atoms with Crippen molar-refractivity contribution < 1.29 is 65.8 Å². The van der Waals surface area contributed by atoms with Crippen molar-refractivity contribution in [3.63, 3.8) is 0 Å². The second-order valence-corrected chi connectivity index (χ2v) is 10.1. The van der Waals surface area contributed by atoms with E-state index in [2.05, 4.69) is 25.1 Å². The topological polar surface area (TPSA) is 216 Å². The highest BCUT2D eigenvalue weighted by atomic mass is 19.2. The molecule has 2 saturated heterocycles. The predicted octanol–water partition coefficient (Wildman–Crippen LogP) is 1.14. The van der Waals surface area contributed by atoms with Gasteiger partial charge in [-0.05, 0) is 17.7 Å². The maximum Gasteiger partial charge on any atom is 0.331 e. The average molecular weight is 659 g/mol. The smallest absolute Gasteiger partial charge is 0.331 e. The fourth-order valence-corrected chi connectivity index (χ4v) is 4.84. The van der Waals surface area contributed by atoms with Crippen LogP contribution < -0.4 is 0 Å². The monoisotopic (exact) mass is 658 g/mol. The molecule has 0 saturated carbocycles. The number of azide groups is 1. The summed E-state index contributed by atoms with van der Waals surface area (Å²) in [6.07, 6.45) is -7.15. The third kappa shape index (κ3) is 8.08. The second-order valence-electron chi connectivity index (χ2n) is 10.1. The molecule has 1 aromatic heterocycles. The standard InChI is InChI=1S/C26H29F3N6O11/c1-11(36)42-9-19-24(44-12(2)37)22(35-6-16(32-34-35)13-4-14(27)21(29)15(28)5-13)25(43-10-20(38)40-3)26(46-19)45-18-8-41-7-17(23(18)39)31-33-30/h4-6,17-19,22-26,39H,7-10H2,1-3H3/t17?,18-,19?,22?,23-,24?,25?,26?/m1/s1. The summed E-state index contributed by atoms with van der Waals surface area (Å²) in [6, 6.07) is -1.01. The van der Waals surface area contributed by atoms with E-state index >= 15 is 0 Å². The number of methoxy groups -OCH3 is 1. The second kappa shape index (κ2) is 15.3. The number of aliphatic hydroxyl groups excluding tert-OH is 1. The van der Waals surface area contributed by atoms with Gasteiger partial charge in [0.1, 0.15) is 43.3 Å². The van der Waals surface area contributed by atoms with Crippen LogP contribution in [0.4, 0.5) is 13.2 Å². The third-order valence-electron chi connectivity index (χ3n) is 6.94. The Morgan fingerprint density at radius 3 is 2.50 bits per heavy atom. The number of carbonyl (C=O) groups excluding carboxylic acids is 3.